The molecule has 0 radical (unpaired) electrons. The van der Waals surface area contributed by atoms with Gasteiger partial charge in [-0.25, -0.2) is 0 Å². The van der Waals surface area contributed by atoms with Crippen molar-refractivity contribution < 1.29 is 14.3 Å². The van der Waals surface area contributed by atoms with E-state index in [-0.39, 0.29) is 12.6 Å². The second kappa shape index (κ2) is 4.31. The lowest BCUT2D eigenvalue weighted by atomic mass is 9.98. The highest BCUT2D eigenvalue weighted by molar-refractivity contribution is 6.10. The smallest absolute Gasteiger partial charge is 0.231 e. The van der Waals surface area contributed by atoms with Gasteiger partial charge in [0, 0.05) is 16.8 Å². The molecule has 2 aromatic carbocycles. The number of rotatable bonds is 2. The fourth-order valence-corrected chi connectivity index (χ4v) is 2.12. The Morgan fingerprint density at radius 1 is 1.16 bits per heavy atom. The Labute approximate surface area is 110 Å². The first kappa shape index (κ1) is 11.6. The molecular formula is C15H13NO3. The summed E-state index contributed by atoms with van der Waals surface area (Å²) in [5.41, 5.74) is 8.31. The average molecular weight is 255 g/mol. The molecule has 3 rings (SSSR count). The van der Waals surface area contributed by atoms with Gasteiger partial charge in [0.05, 0.1) is 0 Å². The highest BCUT2D eigenvalue weighted by Crippen LogP contribution is 2.35. The Kier molecular flexibility index (Phi) is 2.63. The first-order valence-electron chi connectivity index (χ1n) is 5.95. The fourth-order valence-electron chi connectivity index (χ4n) is 2.12. The van der Waals surface area contributed by atoms with Crippen LogP contribution in [-0.4, -0.2) is 12.6 Å². The first-order valence-corrected chi connectivity index (χ1v) is 5.95. The van der Waals surface area contributed by atoms with E-state index in [1.165, 1.54) is 0 Å². The molecule has 0 spiro atoms. The van der Waals surface area contributed by atoms with Crippen molar-refractivity contribution in [3.63, 3.8) is 0 Å². The molecule has 4 heteroatoms. The van der Waals surface area contributed by atoms with E-state index < -0.39 is 0 Å². The zero-order chi connectivity index (χ0) is 13.4. The Hall–Kier alpha value is -2.49. The maximum absolute atomic E-state index is 12.5. The van der Waals surface area contributed by atoms with Crippen LogP contribution in [0.4, 0.5) is 5.69 Å². The number of fused-ring (bicyclic) bond motifs is 1. The van der Waals surface area contributed by atoms with E-state index in [9.17, 15) is 4.79 Å². The molecule has 2 aromatic rings. The summed E-state index contributed by atoms with van der Waals surface area (Å²) in [6.07, 6.45) is 0. The van der Waals surface area contributed by atoms with Crippen molar-refractivity contribution in [3.05, 3.63) is 53.1 Å². The number of hydrogen-bond donors (Lipinski definition) is 1. The van der Waals surface area contributed by atoms with Gasteiger partial charge in [-0.2, -0.15) is 0 Å². The molecule has 96 valence electrons. The van der Waals surface area contributed by atoms with Crippen LogP contribution in [-0.2, 0) is 0 Å². The number of aryl methyl sites for hydroxylation is 1. The number of anilines is 1. The number of ketones is 1. The molecule has 0 aliphatic carbocycles. The molecule has 0 amide bonds. The van der Waals surface area contributed by atoms with Gasteiger partial charge in [-0.3, -0.25) is 4.79 Å². The summed E-state index contributed by atoms with van der Waals surface area (Å²) in [5.74, 6) is 1.22. The Balaban J connectivity index is 2.05. The van der Waals surface area contributed by atoms with Crippen molar-refractivity contribution in [2.45, 2.75) is 6.92 Å². The molecule has 2 N–H and O–H groups in total. The number of carbonyl (C=O) groups is 1. The minimum Gasteiger partial charge on any atom is -0.454 e. The number of hydrogen-bond acceptors (Lipinski definition) is 4. The molecule has 4 nitrogen and oxygen atoms in total. The predicted octanol–water partition coefficient (Wildman–Crippen LogP) is 2.54. The topological polar surface area (TPSA) is 61.6 Å². The predicted molar refractivity (Wildman–Crippen MR) is 71.6 cm³/mol. The number of nitrogen functional groups attached to an aromatic ring is 1. The zero-order valence-electron chi connectivity index (χ0n) is 10.5. The first-order chi connectivity index (χ1) is 9.15. The van der Waals surface area contributed by atoms with Crippen LogP contribution in [0, 0.1) is 6.92 Å². The maximum Gasteiger partial charge on any atom is 0.231 e. The summed E-state index contributed by atoms with van der Waals surface area (Å²) in [6, 6.07) is 10.5. The lowest BCUT2D eigenvalue weighted by Crippen LogP contribution is -2.04. The van der Waals surface area contributed by atoms with E-state index >= 15 is 0 Å². The number of ether oxygens (including phenoxy) is 2. The lowest BCUT2D eigenvalue weighted by molar-refractivity contribution is 0.103. The van der Waals surface area contributed by atoms with Crippen LogP contribution in [0.2, 0.25) is 0 Å². The van der Waals surface area contributed by atoms with Crippen LogP contribution < -0.4 is 15.2 Å². The van der Waals surface area contributed by atoms with E-state index in [4.69, 9.17) is 15.2 Å². The second-order valence-electron chi connectivity index (χ2n) is 4.47. The molecular weight excluding hydrogens is 242 g/mol. The Morgan fingerprint density at radius 3 is 2.63 bits per heavy atom. The van der Waals surface area contributed by atoms with Crippen LogP contribution in [0.5, 0.6) is 11.5 Å². The third-order valence-electron chi connectivity index (χ3n) is 3.11. The molecule has 0 aromatic heterocycles. The molecule has 0 fully saturated rings. The van der Waals surface area contributed by atoms with Gasteiger partial charge in [-0.1, -0.05) is 12.1 Å². The van der Waals surface area contributed by atoms with E-state index in [1.54, 1.807) is 30.3 Å². The molecule has 1 heterocycles. The number of nitrogens with two attached hydrogens (primary N) is 1. The highest BCUT2D eigenvalue weighted by atomic mass is 16.7. The molecule has 0 atom stereocenters. The van der Waals surface area contributed by atoms with Crippen molar-refractivity contribution in [2.24, 2.45) is 0 Å². The zero-order valence-corrected chi connectivity index (χ0v) is 10.5. The van der Waals surface area contributed by atoms with Crippen molar-refractivity contribution >= 4 is 11.5 Å². The second-order valence-corrected chi connectivity index (χ2v) is 4.47. The summed E-state index contributed by atoms with van der Waals surface area (Å²) in [5, 5.41) is 0. The normalized spacial score (nSPS) is 12.5. The third kappa shape index (κ3) is 2.01. The summed E-state index contributed by atoms with van der Waals surface area (Å²) in [6.45, 7) is 2.08. The SMILES string of the molecule is Cc1cc2c(cc1C(=O)c1cccc(N)c1)OCO2. The standard InChI is InChI=1S/C15H13NO3/c1-9-5-13-14(19-8-18-13)7-12(9)15(17)10-3-2-4-11(16)6-10/h2-7H,8,16H2,1H3. The molecule has 0 bridgehead atoms. The van der Waals surface area contributed by atoms with E-state index in [0.717, 1.165) is 5.56 Å². The Morgan fingerprint density at radius 2 is 1.89 bits per heavy atom. The monoisotopic (exact) mass is 255 g/mol. The minimum atomic E-state index is -0.0666. The summed E-state index contributed by atoms with van der Waals surface area (Å²) < 4.78 is 10.6. The number of benzene rings is 2. The van der Waals surface area contributed by atoms with Gasteiger partial charge < -0.3 is 15.2 Å². The van der Waals surface area contributed by atoms with Gasteiger partial charge >= 0.3 is 0 Å². The van der Waals surface area contributed by atoms with Gasteiger partial charge in [-0.05, 0) is 36.8 Å². The van der Waals surface area contributed by atoms with Gasteiger partial charge in [0.15, 0.2) is 17.3 Å². The van der Waals surface area contributed by atoms with Crippen molar-refractivity contribution in [3.8, 4) is 11.5 Å². The van der Waals surface area contributed by atoms with Gasteiger partial charge in [-0.15, -0.1) is 0 Å². The highest BCUT2D eigenvalue weighted by Gasteiger charge is 2.19. The summed E-state index contributed by atoms with van der Waals surface area (Å²) in [7, 11) is 0. The largest absolute Gasteiger partial charge is 0.454 e. The Bertz CT molecular complexity index is 664. The van der Waals surface area contributed by atoms with E-state index in [1.807, 2.05) is 13.0 Å². The summed E-state index contributed by atoms with van der Waals surface area (Å²) >= 11 is 0. The quantitative estimate of drug-likeness (QED) is 0.661. The van der Waals surface area contributed by atoms with Crippen molar-refractivity contribution in [1.82, 2.24) is 0 Å². The molecule has 0 saturated heterocycles. The molecule has 0 unspecified atom stereocenters. The van der Waals surface area contributed by atoms with Crippen LogP contribution in [0.25, 0.3) is 0 Å². The van der Waals surface area contributed by atoms with Crippen LogP contribution in [0.1, 0.15) is 21.5 Å². The van der Waals surface area contributed by atoms with E-state index in [2.05, 4.69) is 0 Å². The van der Waals surface area contributed by atoms with Gasteiger partial charge in [0.1, 0.15) is 0 Å². The maximum atomic E-state index is 12.5. The third-order valence-corrected chi connectivity index (χ3v) is 3.11. The summed E-state index contributed by atoms with van der Waals surface area (Å²) in [4.78, 5) is 12.5. The van der Waals surface area contributed by atoms with Crippen LogP contribution in [0.3, 0.4) is 0 Å². The molecule has 1 aliphatic rings. The van der Waals surface area contributed by atoms with Gasteiger partial charge in [0.25, 0.3) is 0 Å². The fraction of sp³-hybridized carbons (Fsp3) is 0.133. The van der Waals surface area contributed by atoms with Crippen LogP contribution >= 0.6 is 0 Å². The van der Waals surface area contributed by atoms with E-state index in [0.29, 0.717) is 28.3 Å². The van der Waals surface area contributed by atoms with Crippen molar-refractivity contribution in [1.29, 1.82) is 0 Å². The molecule has 19 heavy (non-hydrogen) atoms. The minimum absolute atomic E-state index is 0.0666. The lowest BCUT2D eigenvalue weighted by Gasteiger charge is -2.07. The van der Waals surface area contributed by atoms with Gasteiger partial charge in [0.2, 0.25) is 6.79 Å². The average Bonchev–Trinajstić information content (AvgIpc) is 2.84. The molecule has 0 saturated carbocycles. The van der Waals surface area contributed by atoms with Crippen LogP contribution in [0.15, 0.2) is 36.4 Å². The molecule has 1 aliphatic heterocycles. The number of carbonyl (C=O) groups excluding carboxylic acids is 1. The van der Waals surface area contributed by atoms with Crippen molar-refractivity contribution in [2.75, 3.05) is 12.5 Å².